The second-order valence-electron chi connectivity index (χ2n) is 5.09. The van der Waals surface area contributed by atoms with Crippen LogP contribution in [0.3, 0.4) is 0 Å². The number of nitrogens with zero attached hydrogens (tertiary/aromatic N) is 1. The Hall–Kier alpha value is -1.87. The summed E-state index contributed by atoms with van der Waals surface area (Å²) in [5, 5.41) is 2.70. The highest BCUT2D eigenvalue weighted by molar-refractivity contribution is 7.89. The number of aryl methyl sites for hydroxylation is 1. The smallest absolute Gasteiger partial charge is 0.272 e. The van der Waals surface area contributed by atoms with E-state index < -0.39 is 10.0 Å². The normalized spacial score (nSPS) is 11.0. The molecule has 1 amide bonds. The molecule has 1 heterocycles. The van der Waals surface area contributed by atoms with E-state index in [4.69, 9.17) is 5.73 Å². The Morgan fingerprint density at radius 2 is 1.96 bits per heavy atom. The molecule has 0 unspecified atom stereocenters. The minimum Gasteiger partial charge on any atom is -0.344 e. The molecule has 24 heavy (non-hydrogen) atoms. The molecule has 1 aromatic carbocycles. The number of sulfonamides is 1. The van der Waals surface area contributed by atoms with Crippen LogP contribution in [-0.4, -0.2) is 32.0 Å². The molecule has 4 N–H and O–H groups in total. The lowest BCUT2D eigenvalue weighted by atomic mass is 10.3. The van der Waals surface area contributed by atoms with E-state index in [1.165, 1.54) is 12.1 Å². The van der Waals surface area contributed by atoms with Gasteiger partial charge in [-0.05, 0) is 37.3 Å². The minimum absolute atomic E-state index is 0. The van der Waals surface area contributed by atoms with Gasteiger partial charge in [0.05, 0.1) is 4.90 Å². The summed E-state index contributed by atoms with van der Waals surface area (Å²) in [6, 6.07) is 9.63. The number of halogens is 1. The van der Waals surface area contributed by atoms with Crippen molar-refractivity contribution in [3.8, 4) is 0 Å². The summed E-state index contributed by atoms with van der Waals surface area (Å²) in [5.74, 6) is -0.301. The van der Waals surface area contributed by atoms with Gasteiger partial charge in [-0.2, -0.15) is 0 Å². The Morgan fingerprint density at radius 1 is 1.25 bits per heavy atom. The average molecular weight is 373 g/mol. The molecule has 7 nitrogen and oxygen atoms in total. The summed E-state index contributed by atoms with van der Waals surface area (Å²) < 4.78 is 28.3. The van der Waals surface area contributed by atoms with Crippen LogP contribution < -0.4 is 15.8 Å². The van der Waals surface area contributed by atoms with Gasteiger partial charge in [0.1, 0.15) is 5.69 Å². The first-order chi connectivity index (χ1) is 10.8. The molecule has 132 valence electrons. The number of hydrogen-bond donors (Lipinski definition) is 3. The third-order valence-electron chi connectivity index (χ3n) is 3.44. The predicted octanol–water partition coefficient (Wildman–Crippen LogP) is 1.24. The molecule has 0 spiro atoms. The van der Waals surface area contributed by atoms with E-state index in [2.05, 4.69) is 10.0 Å². The molecule has 0 aliphatic rings. The van der Waals surface area contributed by atoms with Gasteiger partial charge in [-0.15, -0.1) is 12.4 Å². The summed E-state index contributed by atoms with van der Waals surface area (Å²) in [7, 11) is -1.84. The third-order valence-corrected chi connectivity index (χ3v) is 4.90. The fraction of sp³-hybridized carbons (Fsp3) is 0.267. The highest BCUT2D eigenvalue weighted by atomic mass is 35.5. The van der Waals surface area contributed by atoms with Crippen molar-refractivity contribution >= 4 is 34.0 Å². The maximum absolute atomic E-state index is 12.3. The van der Waals surface area contributed by atoms with Crippen molar-refractivity contribution in [2.45, 2.75) is 11.8 Å². The van der Waals surface area contributed by atoms with Crippen LogP contribution in [0.4, 0.5) is 5.69 Å². The van der Waals surface area contributed by atoms with Gasteiger partial charge >= 0.3 is 0 Å². The van der Waals surface area contributed by atoms with Gasteiger partial charge in [-0.1, -0.05) is 6.07 Å². The van der Waals surface area contributed by atoms with E-state index in [0.717, 1.165) is 5.69 Å². The fourth-order valence-electron chi connectivity index (χ4n) is 2.05. The van der Waals surface area contributed by atoms with Crippen LogP contribution in [-0.2, 0) is 17.1 Å². The first kappa shape index (κ1) is 20.2. The van der Waals surface area contributed by atoms with E-state index in [0.29, 0.717) is 11.4 Å². The molecule has 0 saturated carbocycles. The minimum atomic E-state index is -3.64. The largest absolute Gasteiger partial charge is 0.344 e. The van der Waals surface area contributed by atoms with Crippen LogP contribution in [0.1, 0.15) is 16.2 Å². The Morgan fingerprint density at radius 3 is 2.54 bits per heavy atom. The molecule has 0 saturated heterocycles. The maximum atomic E-state index is 12.3. The lowest BCUT2D eigenvalue weighted by Gasteiger charge is -2.10. The molecular formula is C15H21ClN4O3S. The van der Waals surface area contributed by atoms with Crippen LogP contribution in [0, 0.1) is 6.92 Å². The second-order valence-corrected chi connectivity index (χ2v) is 6.85. The molecule has 0 radical (unpaired) electrons. The number of rotatable bonds is 6. The van der Waals surface area contributed by atoms with E-state index in [-0.39, 0.29) is 36.3 Å². The van der Waals surface area contributed by atoms with Crippen molar-refractivity contribution in [1.29, 1.82) is 0 Å². The number of hydrogen-bond acceptors (Lipinski definition) is 4. The lowest BCUT2D eigenvalue weighted by Crippen LogP contribution is -2.29. The number of nitrogens with one attached hydrogen (secondary N) is 2. The summed E-state index contributed by atoms with van der Waals surface area (Å²) in [5.41, 5.74) is 7.16. The first-order valence-corrected chi connectivity index (χ1v) is 8.57. The molecule has 9 heteroatoms. The van der Waals surface area contributed by atoms with Gasteiger partial charge < -0.3 is 15.6 Å². The molecule has 0 fully saturated rings. The van der Waals surface area contributed by atoms with Gasteiger partial charge in [0.2, 0.25) is 10.0 Å². The Bertz CT molecular complexity index is 818. The SMILES string of the molecule is Cc1ccc(C(=O)Nc2cccc(S(=O)(=O)NCCN)c2)n1C.Cl. The lowest BCUT2D eigenvalue weighted by molar-refractivity contribution is 0.101. The molecule has 2 aromatic rings. The number of carbonyl (C=O) groups is 1. The molecule has 2 rings (SSSR count). The quantitative estimate of drug-likeness (QED) is 0.709. The number of anilines is 1. The first-order valence-electron chi connectivity index (χ1n) is 7.08. The number of benzene rings is 1. The van der Waals surface area contributed by atoms with Gasteiger partial charge in [0.25, 0.3) is 5.91 Å². The van der Waals surface area contributed by atoms with E-state index in [9.17, 15) is 13.2 Å². The Labute approximate surface area is 147 Å². The van der Waals surface area contributed by atoms with Crippen molar-refractivity contribution in [2.75, 3.05) is 18.4 Å². The maximum Gasteiger partial charge on any atom is 0.272 e. The predicted molar refractivity (Wildman–Crippen MR) is 96.0 cm³/mol. The van der Waals surface area contributed by atoms with Crippen molar-refractivity contribution in [1.82, 2.24) is 9.29 Å². The van der Waals surface area contributed by atoms with Crippen LogP contribution >= 0.6 is 12.4 Å². The fourth-order valence-corrected chi connectivity index (χ4v) is 3.15. The van der Waals surface area contributed by atoms with Gasteiger partial charge in [0, 0.05) is 31.5 Å². The summed E-state index contributed by atoms with van der Waals surface area (Å²) in [6.45, 7) is 2.26. The number of aromatic nitrogens is 1. The zero-order valence-corrected chi connectivity index (χ0v) is 15.1. The molecule has 0 aliphatic heterocycles. The number of carbonyl (C=O) groups excluding carboxylic acids is 1. The Kier molecular flexibility index (Phi) is 6.97. The molecular weight excluding hydrogens is 352 g/mol. The van der Waals surface area contributed by atoms with E-state index in [1.807, 2.05) is 13.0 Å². The Balaban J connectivity index is 0.00000288. The van der Waals surface area contributed by atoms with Crippen LogP contribution in [0.5, 0.6) is 0 Å². The van der Waals surface area contributed by atoms with Crippen molar-refractivity contribution in [3.05, 3.63) is 47.8 Å². The van der Waals surface area contributed by atoms with Crippen molar-refractivity contribution in [2.24, 2.45) is 12.8 Å². The third kappa shape index (κ3) is 4.57. The molecule has 0 bridgehead atoms. The molecule has 0 aliphatic carbocycles. The number of nitrogens with two attached hydrogens (primary N) is 1. The molecule has 1 aromatic heterocycles. The van der Waals surface area contributed by atoms with Gasteiger partial charge in [-0.3, -0.25) is 4.79 Å². The second kappa shape index (κ2) is 8.29. The van der Waals surface area contributed by atoms with Crippen LogP contribution in [0.25, 0.3) is 0 Å². The average Bonchev–Trinajstić information content (AvgIpc) is 2.85. The van der Waals surface area contributed by atoms with Gasteiger partial charge in [-0.25, -0.2) is 13.1 Å². The van der Waals surface area contributed by atoms with Gasteiger partial charge in [0.15, 0.2) is 0 Å². The van der Waals surface area contributed by atoms with E-state index >= 15 is 0 Å². The van der Waals surface area contributed by atoms with E-state index in [1.54, 1.807) is 29.8 Å². The standard InChI is InChI=1S/C15H20N4O3S.ClH/c1-11-6-7-14(19(11)2)15(20)18-12-4-3-5-13(10-12)23(21,22)17-9-8-16;/h3-7,10,17H,8-9,16H2,1-2H3,(H,18,20);1H. The zero-order valence-electron chi connectivity index (χ0n) is 13.4. The topological polar surface area (TPSA) is 106 Å². The van der Waals surface area contributed by atoms with Crippen LogP contribution in [0.15, 0.2) is 41.3 Å². The summed E-state index contributed by atoms with van der Waals surface area (Å²) in [6.07, 6.45) is 0. The summed E-state index contributed by atoms with van der Waals surface area (Å²) >= 11 is 0. The monoisotopic (exact) mass is 372 g/mol. The van der Waals surface area contributed by atoms with Crippen molar-refractivity contribution < 1.29 is 13.2 Å². The molecule has 0 atom stereocenters. The van der Waals surface area contributed by atoms with Crippen molar-refractivity contribution in [3.63, 3.8) is 0 Å². The number of amides is 1. The highest BCUT2D eigenvalue weighted by Gasteiger charge is 2.15. The zero-order chi connectivity index (χ0) is 17.0. The highest BCUT2D eigenvalue weighted by Crippen LogP contribution is 2.16. The summed E-state index contributed by atoms with van der Waals surface area (Å²) in [4.78, 5) is 12.3. The van der Waals surface area contributed by atoms with Crippen LogP contribution in [0.2, 0.25) is 0 Å².